The number of hydrogen-bond donors (Lipinski definition) is 1. The molecule has 0 aliphatic carbocycles. The van der Waals surface area contributed by atoms with E-state index in [1.165, 1.54) is 25.7 Å². The quantitative estimate of drug-likeness (QED) is 0.400. The molecule has 58 valence electrons. The molecule has 0 spiro atoms. The zero-order chi connectivity index (χ0) is 6.24. The van der Waals surface area contributed by atoms with Crippen LogP contribution in [0.25, 0.3) is 0 Å². The first-order valence-corrected chi connectivity index (χ1v) is 3.52. The molecule has 0 rings (SSSR count). The van der Waals surface area contributed by atoms with E-state index in [1.807, 2.05) is 0 Å². The maximum Gasteiger partial charge on any atom is 1.00 e. The van der Waals surface area contributed by atoms with E-state index in [-0.39, 0.29) is 35.0 Å². The monoisotopic (exact) mass is 156 g/mol. The van der Waals surface area contributed by atoms with E-state index in [4.69, 9.17) is 5.11 Å². The Morgan fingerprint density at radius 3 is 1.90 bits per heavy atom. The second-order valence-electron chi connectivity index (χ2n) is 2.14. The summed E-state index contributed by atoms with van der Waals surface area (Å²) in [5.41, 5.74) is 0. The van der Waals surface area contributed by atoms with E-state index in [0.717, 1.165) is 6.42 Å². The van der Waals surface area contributed by atoms with E-state index < -0.39 is 0 Å². The topological polar surface area (TPSA) is 50.2 Å². The summed E-state index contributed by atoms with van der Waals surface area (Å²) < 4.78 is 0. The minimum atomic E-state index is 0. The van der Waals surface area contributed by atoms with Gasteiger partial charge in [0.05, 0.1) is 0 Å². The minimum absolute atomic E-state index is 0. The van der Waals surface area contributed by atoms with Crippen molar-refractivity contribution in [2.24, 2.45) is 0 Å². The third-order valence-corrected chi connectivity index (χ3v) is 1.26. The summed E-state index contributed by atoms with van der Waals surface area (Å²) >= 11 is 0. The van der Waals surface area contributed by atoms with E-state index in [9.17, 15) is 0 Å². The molecule has 0 aromatic heterocycles. The molecule has 0 saturated heterocycles. The molecule has 0 aliphatic heterocycles. The summed E-state index contributed by atoms with van der Waals surface area (Å²) in [6, 6.07) is 0. The van der Waals surface area contributed by atoms with E-state index in [1.54, 1.807) is 0 Å². The Hall–Kier alpha value is 0.920. The first-order valence-electron chi connectivity index (χ1n) is 3.52. The Kier molecular flexibility index (Phi) is 28.2. The molecule has 10 heavy (non-hydrogen) atoms. The molecule has 0 bridgehead atoms. The van der Waals surface area contributed by atoms with Crippen LogP contribution in [0, 0.1) is 0 Å². The average Bonchev–Trinajstić information content (AvgIpc) is 1.81. The Balaban J connectivity index is -0.000000245. The first-order chi connectivity index (χ1) is 3.91. The Bertz CT molecular complexity index is 36.6. The normalized spacial score (nSPS) is 7.80. The Labute approximate surface area is 85.6 Å². The van der Waals surface area contributed by atoms with Gasteiger partial charge in [-0.3, -0.25) is 0 Å². The second-order valence-corrected chi connectivity index (χ2v) is 2.14. The van der Waals surface area contributed by atoms with Crippen LogP contribution < -0.4 is 29.6 Å². The summed E-state index contributed by atoms with van der Waals surface area (Å²) in [6.07, 6.45) is 6.08. The summed E-state index contributed by atoms with van der Waals surface area (Å²) in [7, 11) is 0. The van der Waals surface area contributed by atoms with Crippen LogP contribution in [0.3, 0.4) is 0 Å². The van der Waals surface area contributed by atoms with Gasteiger partial charge in [0.1, 0.15) is 0 Å². The van der Waals surface area contributed by atoms with E-state index >= 15 is 0 Å². The van der Waals surface area contributed by atoms with Gasteiger partial charge in [0.25, 0.3) is 0 Å². The molecule has 2 N–H and O–H groups in total. The second kappa shape index (κ2) is 16.5. The van der Waals surface area contributed by atoms with Gasteiger partial charge in [-0.2, -0.15) is 0 Å². The molecule has 0 radical (unpaired) electrons. The van der Waals surface area contributed by atoms with Crippen molar-refractivity contribution < 1.29 is 40.1 Å². The Morgan fingerprint density at radius 2 is 1.50 bits per heavy atom. The van der Waals surface area contributed by atoms with Gasteiger partial charge in [-0.15, -0.1) is 0 Å². The molecule has 0 aromatic carbocycles. The van der Waals surface area contributed by atoms with Gasteiger partial charge >= 0.3 is 29.6 Å². The molecule has 0 aromatic rings. The van der Waals surface area contributed by atoms with E-state index in [0.29, 0.717) is 6.61 Å². The molecule has 0 aliphatic rings. The predicted molar refractivity (Wildman–Crippen MR) is 37.8 cm³/mol. The number of rotatable bonds is 5. The van der Waals surface area contributed by atoms with Crippen molar-refractivity contribution in [2.75, 3.05) is 6.61 Å². The van der Waals surface area contributed by atoms with Gasteiger partial charge in [0.15, 0.2) is 0 Å². The van der Waals surface area contributed by atoms with E-state index in [2.05, 4.69) is 6.92 Å². The predicted octanol–water partition coefficient (Wildman–Crippen LogP) is -1.22. The molecule has 2 nitrogen and oxygen atoms in total. The fourth-order valence-corrected chi connectivity index (χ4v) is 0.715. The molecule has 0 amide bonds. The van der Waals surface area contributed by atoms with Crippen LogP contribution >= 0.6 is 0 Å². The largest absolute Gasteiger partial charge is 1.00 e. The fraction of sp³-hybridized carbons (Fsp3) is 1.00. The third-order valence-electron chi connectivity index (χ3n) is 1.26. The van der Waals surface area contributed by atoms with Crippen molar-refractivity contribution in [3.63, 3.8) is 0 Å². The van der Waals surface area contributed by atoms with Gasteiger partial charge in [0, 0.05) is 6.61 Å². The van der Waals surface area contributed by atoms with Crippen LogP contribution in [-0.4, -0.2) is 17.2 Å². The number of aliphatic hydroxyl groups is 1. The molecule has 0 fully saturated rings. The molecular formula is C7H17NaO2. The maximum atomic E-state index is 8.37. The number of aliphatic hydroxyl groups excluding tert-OH is 1. The van der Waals surface area contributed by atoms with Gasteiger partial charge in [-0.25, -0.2) is 0 Å². The number of unbranched alkanes of at least 4 members (excludes halogenated alkanes) is 4. The van der Waals surface area contributed by atoms with Gasteiger partial charge in [-0.1, -0.05) is 32.6 Å². The van der Waals surface area contributed by atoms with Crippen LogP contribution in [0.4, 0.5) is 0 Å². The van der Waals surface area contributed by atoms with Gasteiger partial charge < -0.3 is 10.6 Å². The SMILES string of the molecule is CCCCCCCO.[Na+].[OH-]. The maximum absolute atomic E-state index is 8.37. The van der Waals surface area contributed by atoms with Crippen LogP contribution in [0.5, 0.6) is 0 Å². The first kappa shape index (κ1) is 17.1. The third kappa shape index (κ3) is 16.0. The van der Waals surface area contributed by atoms with Crippen molar-refractivity contribution in [3.05, 3.63) is 0 Å². The molecule has 0 atom stereocenters. The minimum Gasteiger partial charge on any atom is -0.870 e. The molecule has 3 heteroatoms. The molecule has 0 heterocycles. The smallest absolute Gasteiger partial charge is 0.870 e. The molecule has 0 unspecified atom stereocenters. The van der Waals surface area contributed by atoms with Crippen molar-refractivity contribution >= 4 is 0 Å². The Morgan fingerprint density at radius 1 is 1.00 bits per heavy atom. The summed E-state index contributed by atoms with van der Waals surface area (Å²) in [5.74, 6) is 0. The van der Waals surface area contributed by atoms with Crippen molar-refractivity contribution in [2.45, 2.75) is 39.0 Å². The average molecular weight is 156 g/mol. The summed E-state index contributed by atoms with van der Waals surface area (Å²) in [6.45, 7) is 2.56. The summed E-state index contributed by atoms with van der Waals surface area (Å²) in [4.78, 5) is 0. The van der Waals surface area contributed by atoms with Crippen LogP contribution in [0.2, 0.25) is 0 Å². The van der Waals surface area contributed by atoms with Gasteiger partial charge in [0.2, 0.25) is 0 Å². The standard InChI is InChI=1S/C7H16O.Na.H2O/c1-2-3-4-5-6-7-8;;/h8H,2-7H2,1H3;;1H2/q;+1;/p-1. The molecule has 0 saturated carbocycles. The molecular weight excluding hydrogens is 139 g/mol. The zero-order valence-electron chi connectivity index (χ0n) is 7.14. The zero-order valence-corrected chi connectivity index (χ0v) is 9.14. The van der Waals surface area contributed by atoms with Crippen LogP contribution in [-0.2, 0) is 0 Å². The van der Waals surface area contributed by atoms with Crippen molar-refractivity contribution in [3.8, 4) is 0 Å². The van der Waals surface area contributed by atoms with Crippen LogP contribution in [0.15, 0.2) is 0 Å². The van der Waals surface area contributed by atoms with Crippen molar-refractivity contribution in [1.29, 1.82) is 0 Å². The summed E-state index contributed by atoms with van der Waals surface area (Å²) in [5, 5.41) is 8.37. The van der Waals surface area contributed by atoms with Crippen molar-refractivity contribution in [1.82, 2.24) is 0 Å². The van der Waals surface area contributed by atoms with Crippen LogP contribution in [0.1, 0.15) is 39.0 Å². The number of hydrogen-bond acceptors (Lipinski definition) is 2. The fourth-order valence-electron chi connectivity index (χ4n) is 0.715. The van der Waals surface area contributed by atoms with Gasteiger partial charge in [-0.05, 0) is 6.42 Å².